The van der Waals surface area contributed by atoms with Crippen LogP contribution >= 0.6 is 0 Å². The van der Waals surface area contributed by atoms with E-state index >= 15 is 0 Å². The Morgan fingerprint density at radius 1 is 1.67 bits per heavy atom. The van der Waals surface area contributed by atoms with Crippen LogP contribution in [0.4, 0.5) is 5.69 Å². The van der Waals surface area contributed by atoms with Crippen LogP contribution in [0.2, 0.25) is 0 Å². The van der Waals surface area contributed by atoms with Crippen molar-refractivity contribution in [1.82, 2.24) is 4.98 Å². The SMILES string of the molecule is CC1CC(C(=O)Nc2cccnc2)=NO1. The fourth-order valence-corrected chi connectivity index (χ4v) is 1.27. The van der Waals surface area contributed by atoms with Gasteiger partial charge in [0.25, 0.3) is 5.91 Å². The maximum atomic E-state index is 11.6. The standard InChI is InChI=1S/C10H11N3O2/c1-7-5-9(13-15-7)10(14)12-8-3-2-4-11-6-8/h2-4,6-7H,5H2,1H3,(H,12,14). The normalized spacial score (nSPS) is 19.3. The minimum Gasteiger partial charge on any atom is -0.392 e. The lowest BCUT2D eigenvalue weighted by Gasteiger charge is -2.02. The zero-order valence-electron chi connectivity index (χ0n) is 8.30. The number of oxime groups is 1. The molecule has 0 aliphatic carbocycles. The van der Waals surface area contributed by atoms with Crippen LogP contribution in [0.5, 0.6) is 0 Å². The van der Waals surface area contributed by atoms with Crippen molar-refractivity contribution >= 4 is 17.3 Å². The van der Waals surface area contributed by atoms with E-state index in [-0.39, 0.29) is 12.0 Å². The van der Waals surface area contributed by atoms with E-state index in [1.165, 1.54) is 0 Å². The molecular weight excluding hydrogens is 194 g/mol. The number of nitrogens with one attached hydrogen (secondary N) is 1. The Kier molecular flexibility index (Phi) is 2.62. The molecule has 0 fully saturated rings. The molecule has 1 aliphatic rings. The van der Waals surface area contributed by atoms with E-state index in [1.54, 1.807) is 24.5 Å². The Bertz CT molecular complexity index is 389. The number of aromatic nitrogens is 1. The van der Waals surface area contributed by atoms with Crippen LogP contribution in [-0.2, 0) is 9.63 Å². The molecule has 1 aliphatic heterocycles. The summed E-state index contributed by atoms with van der Waals surface area (Å²) in [6.07, 6.45) is 3.76. The molecule has 0 radical (unpaired) electrons. The van der Waals surface area contributed by atoms with Gasteiger partial charge in [0.15, 0.2) is 0 Å². The molecule has 1 atom stereocenters. The molecule has 0 saturated heterocycles. The lowest BCUT2D eigenvalue weighted by atomic mass is 10.2. The van der Waals surface area contributed by atoms with Gasteiger partial charge in [0, 0.05) is 12.6 Å². The van der Waals surface area contributed by atoms with Gasteiger partial charge in [-0.25, -0.2) is 0 Å². The van der Waals surface area contributed by atoms with Crippen LogP contribution in [0.1, 0.15) is 13.3 Å². The number of rotatable bonds is 2. The maximum Gasteiger partial charge on any atom is 0.273 e. The highest BCUT2D eigenvalue weighted by Crippen LogP contribution is 2.11. The predicted molar refractivity (Wildman–Crippen MR) is 55.5 cm³/mol. The van der Waals surface area contributed by atoms with E-state index < -0.39 is 0 Å². The van der Waals surface area contributed by atoms with Crippen LogP contribution in [0.15, 0.2) is 29.7 Å². The molecule has 0 saturated carbocycles. The van der Waals surface area contributed by atoms with Crippen molar-refractivity contribution in [2.75, 3.05) is 5.32 Å². The summed E-state index contributed by atoms with van der Waals surface area (Å²) in [5, 5.41) is 6.39. The van der Waals surface area contributed by atoms with Crippen molar-refractivity contribution in [3.8, 4) is 0 Å². The van der Waals surface area contributed by atoms with Crippen molar-refractivity contribution in [1.29, 1.82) is 0 Å². The summed E-state index contributed by atoms with van der Waals surface area (Å²) in [4.78, 5) is 20.4. The summed E-state index contributed by atoms with van der Waals surface area (Å²) < 4.78 is 0. The molecule has 5 nitrogen and oxygen atoms in total. The number of pyridine rings is 1. The van der Waals surface area contributed by atoms with Gasteiger partial charge in [-0.2, -0.15) is 0 Å². The third-order valence-electron chi connectivity index (χ3n) is 2.01. The van der Waals surface area contributed by atoms with Gasteiger partial charge in [0.05, 0.1) is 11.9 Å². The highest BCUT2D eigenvalue weighted by atomic mass is 16.6. The number of nitrogens with zero attached hydrogens (tertiary/aromatic N) is 2. The second-order valence-electron chi connectivity index (χ2n) is 3.35. The van der Waals surface area contributed by atoms with E-state index in [1.807, 2.05) is 6.92 Å². The molecule has 0 aromatic carbocycles. The molecule has 1 amide bonds. The van der Waals surface area contributed by atoms with Gasteiger partial charge >= 0.3 is 0 Å². The number of hydrogen-bond donors (Lipinski definition) is 1. The van der Waals surface area contributed by atoms with Crippen LogP contribution in [0.3, 0.4) is 0 Å². The first-order valence-corrected chi connectivity index (χ1v) is 4.70. The minimum atomic E-state index is -0.229. The topological polar surface area (TPSA) is 63.6 Å². The van der Waals surface area contributed by atoms with Gasteiger partial charge in [-0.05, 0) is 19.1 Å². The minimum absolute atomic E-state index is 0.0142. The summed E-state index contributed by atoms with van der Waals surface area (Å²) in [7, 11) is 0. The molecule has 5 heteroatoms. The lowest BCUT2D eigenvalue weighted by molar-refractivity contribution is -0.110. The first-order valence-electron chi connectivity index (χ1n) is 4.70. The van der Waals surface area contributed by atoms with Crippen LogP contribution in [-0.4, -0.2) is 22.7 Å². The average Bonchev–Trinajstić information content (AvgIpc) is 2.66. The van der Waals surface area contributed by atoms with E-state index in [2.05, 4.69) is 15.5 Å². The Morgan fingerprint density at radius 3 is 3.13 bits per heavy atom. The van der Waals surface area contributed by atoms with Gasteiger partial charge < -0.3 is 10.2 Å². The van der Waals surface area contributed by atoms with Crippen molar-refractivity contribution in [2.24, 2.45) is 5.16 Å². The number of hydrogen-bond acceptors (Lipinski definition) is 4. The number of amides is 1. The first-order chi connectivity index (χ1) is 7.25. The summed E-state index contributed by atoms with van der Waals surface area (Å²) >= 11 is 0. The Labute approximate surface area is 87.1 Å². The molecular formula is C10H11N3O2. The van der Waals surface area contributed by atoms with Crippen molar-refractivity contribution < 1.29 is 9.63 Å². The molecule has 78 valence electrons. The largest absolute Gasteiger partial charge is 0.392 e. The zero-order chi connectivity index (χ0) is 10.7. The van der Waals surface area contributed by atoms with E-state index in [0.29, 0.717) is 17.8 Å². The quantitative estimate of drug-likeness (QED) is 0.788. The summed E-state index contributed by atoms with van der Waals surface area (Å²) in [5.74, 6) is -0.229. The molecule has 2 rings (SSSR count). The monoisotopic (exact) mass is 205 g/mol. The summed E-state index contributed by atoms with van der Waals surface area (Å²) in [6.45, 7) is 1.87. The fourth-order valence-electron chi connectivity index (χ4n) is 1.27. The van der Waals surface area contributed by atoms with Gasteiger partial charge in [-0.1, -0.05) is 5.16 Å². The zero-order valence-corrected chi connectivity index (χ0v) is 8.30. The van der Waals surface area contributed by atoms with Crippen molar-refractivity contribution in [2.45, 2.75) is 19.4 Å². The van der Waals surface area contributed by atoms with Gasteiger partial charge in [0.2, 0.25) is 0 Å². The first kappa shape index (κ1) is 9.64. The molecule has 2 heterocycles. The number of carbonyl (C=O) groups is 1. The number of anilines is 1. The van der Waals surface area contributed by atoms with E-state index in [9.17, 15) is 4.79 Å². The molecule has 1 aromatic rings. The van der Waals surface area contributed by atoms with Crippen LogP contribution in [0.25, 0.3) is 0 Å². The maximum absolute atomic E-state index is 11.6. The molecule has 1 aromatic heterocycles. The third kappa shape index (κ3) is 2.31. The van der Waals surface area contributed by atoms with E-state index in [0.717, 1.165) is 0 Å². The lowest BCUT2D eigenvalue weighted by Crippen LogP contribution is -2.22. The van der Waals surface area contributed by atoms with Crippen LogP contribution in [0, 0.1) is 0 Å². The Balaban J connectivity index is 1.99. The smallest absolute Gasteiger partial charge is 0.273 e. The summed E-state index contributed by atoms with van der Waals surface area (Å²) in [5.41, 5.74) is 1.08. The van der Waals surface area contributed by atoms with E-state index in [4.69, 9.17) is 4.84 Å². The van der Waals surface area contributed by atoms with Crippen molar-refractivity contribution in [3.05, 3.63) is 24.5 Å². The van der Waals surface area contributed by atoms with Crippen molar-refractivity contribution in [3.63, 3.8) is 0 Å². The van der Waals surface area contributed by atoms with Gasteiger partial charge in [0.1, 0.15) is 11.8 Å². The third-order valence-corrected chi connectivity index (χ3v) is 2.01. The van der Waals surface area contributed by atoms with Gasteiger partial charge in [-0.15, -0.1) is 0 Å². The van der Waals surface area contributed by atoms with Gasteiger partial charge in [-0.3, -0.25) is 9.78 Å². The molecule has 0 spiro atoms. The highest BCUT2D eigenvalue weighted by Gasteiger charge is 2.22. The molecule has 1 unspecified atom stereocenters. The molecule has 0 bridgehead atoms. The molecule has 1 N–H and O–H groups in total. The Morgan fingerprint density at radius 2 is 2.53 bits per heavy atom. The fraction of sp³-hybridized carbons (Fsp3) is 0.300. The molecule has 15 heavy (non-hydrogen) atoms. The second-order valence-corrected chi connectivity index (χ2v) is 3.35. The second kappa shape index (κ2) is 4.08. The highest BCUT2D eigenvalue weighted by molar-refractivity contribution is 6.43. The predicted octanol–water partition coefficient (Wildman–Crippen LogP) is 1.18. The van der Waals surface area contributed by atoms with Crippen LogP contribution < -0.4 is 5.32 Å². The number of carbonyl (C=O) groups excluding carboxylic acids is 1. The summed E-state index contributed by atoms with van der Waals surface area (Å²) in [6, 6.07) is 3.52. The average molecular weight is 205 g/mol. The Hall–Kier alpha value is -1.91.